The molecule has 0 spiro atoms. The van der Waals surface area contributed by atoms with Gasteiger partial charge >= 0.3 is 0 Å². The lowest BCUT2D eigenvalue weighted by atomic mass is 9.98. The summed E-state index contributed by atoms with van der Waals surface area (Å²) in [5, 5.41) is 12.6. The molecule has 3 rings (SSSR count). The molecule has 1 saturated heterocycles. The van der Waals surface area contributed by atoms with E-state index in [1.54, 1.807) is 0 Å². The summed E-state index contributed by atoms with van der Waals surface area (Å²) in [4.78, 5) is 41.6. The van der Waals surface area contributed by atoms with Gasteiger partial charge in [0.15, 0.2) is 11.4 Å². The molecule has 0 radical (unpaired) electrons. The van der Waals surface area contributed by atoms with Crippen molar-refractivity contribution < 1.29 is 23.8 Å². The van der Waals surface area contributed by atoms with E-state index in [0.29, 0.717) is 19.4 Å². The van der Waals surface area contributed by atoms with Crippen LogP contribution in [0.25, 0.3) is 0 Å². The first-order chi connectivity index (χ1) is 15.1. The molecule has 0 saturated carbocycles. The molecule has 2 atom stereocenters. The Bertz CT molecular complexity index is 1110. The zero-order valence-corrected chi connectivity index (χ0v) is 18.3. The van der Waals surface area contributed by atoms with Gasteiger partial charge < -0.3 is 30.8 Å². The van der Waals surface area contributed by atoms with Gasteiger partial charge in [0.2, 0.25) is 5.43 Å². The average Bonchev–Trinajstić information content (AvgIpc) is 3.17. The van der Waals surface area contributed by atoms with E-state index >= 15 is 0 Å². The van der Waals surface area contributed by atoms with Gasteiger partial charge in [-0.05, 0) is 12.5 Å². The van der Waals surface area contributed by atoms with E-state index < -0.39 is 51.8 Å². The topological polar surface area (TPSA) is 138 Å². The van der Waals surface area contributed by atoms with Crippen LogP contribution in [0.3, 0.4) is 0 Å². The zero-order chi connectivity index (χ0) is 23.6. The molecule has 1 aromatic heterocycles. The molecule has 172 valence electrons. The minimum Gasteiger partial charge on any atom is -0.503 e. The third-order valence-electron chi connectivity index (χ3n) is 5.67. The molecule has 0 bridgehead atoms. The van der Waals surface area contributed by atoms with Crippen molar-refractivity contribution in [1.82, 2.24) is 15.2 Å². The number of carbonyl (C=O) groups excluding carboxylic acids is 2. The van der Waals surface area contributed by atoms with Crippen molar-refractivity contribution >= 4 is 23.4 Å². The van der Waals surface area contributed by atoms with Crippen LogP contribution in [0.1, 0.15) is 46.2 Å². The standard InChI is InChI=1S/C21H24ClFN4O5/c1-3-14-21(24,7-8-32-14)27(2)20(31)16-18(29)17(28)12(10-25-16)19(30)26-9-11-5-4-6-13(22)15(11)23/h4-6,10,14,29H,3,7-9,24H2,1-2H3,(H,25,28)(H,26,30). The number of aromatic amines is 1. The van der Waals surface area contributed by atoms with E-state index in [1.807, 2.05) is 6.92 Å². The predicted molar refractivity (Wildman–Crippen MR) is 115 cm³/mol. The molecule has 32 heavy (non-hydrogen) atoms. The van der Waals surface area contributed by atoms with Crippen LogP contribution in [0.2, 0.25) is 5.02 Å². The summed E-state index contributed by atoms with van der Waals surface area (Å²) in [6.07, 6.45) is 1.57. The monoisotopic (exact) mass is 466 g/mol. The minimum atomic E-state index is -1.10. The number of likely N-dealkylation sites (N-methyl/N-ethyl adjacent to an activating group) is 1. The van der Waals surface area contributed by atoms with Crippen LogP contribution in [0, 0.1) is 5.82 Å². The summed E-state index contributed by atoms with van der Waals surface area (Å²) in [5.41, 5.74) is 3.51. The first-order valence-corrected chi connectivity index (χ1v) is 10.3. The van der Waals surface area contributed by atoms with Crippen LogP contribution >= 0.6 is 11.6 Å². The molecule has 1 fully saturated rings. The summed E-state index contributed by atoms with van der Waals surface area (Å²) in [5.74, 6) is -3.19. The Morgan fingerprint density at radius 3 is 2.88 bits per heavy atom. The number of nitrogens with zero attached hydrogens (tertiary/aromatic N) is 1. The maximum Gasteiger partial charge on any atom is 0.275 e. The number of nitrogens with two attached hydrogens (primary N) is 1. The summed E-state index contributed by atoms with van der Waals surface area (Å²) in [6.45, 7) is 2.02. The Balaban J connectivity index is 1.80. The molecule has 1 aliphatic rings. The largest absolute Gasteiger partial charge is 0.503 e. The highest BCUT2D eigenvalue weighted by atomic mass is 35.5. The number of aromatic nitrogens is 1. The minimum absolute atomic E-state index is 0.102. The molecule has 2 unspecified atom stereocenters. The smallest absolute Gasteiger partial charge is 0.275 e. The average molecular weight is 467 g/mol. The predicted octanol–water partition coefficient (Wildman–Crippen LogP) is 1.73. The van der Waals surface area contributed by atoms with Gasteiger partial charge in [0.25, 0.3) is 11.8 Å². The lowest BCUT2D eigenvalue weighted by Gasteiger charge is -2.38. The SMILES string of the molecule is CCC1OCCC1(N)N(C)C(=O)c1[nH]cc(C(=O)NCc2cccc(Cl)c2F)c(=O)c1O. The fraction of sp³-hybridized carbons (Fsp3) is 0.381. The molecule has 0 aliphatic carbocycles. The number of rotatable bonds is 6. The molecule has 2 amide bonds. The number of hydrogen-bond donors (Lipinski definition) is 4. The first-order valence-electron chi connectivity index (χ1n) is 9.96. The van der Waals surface area contributed by atoms with Crippen molar-refractivity contribution in [2.75, 3.05) is 13.7 Å². The van der Waals surface area contributed by atoms with E-state index in [4.69, 9.17) is 22.1 Å². The Morgan fingerprint density at radius 2 is 2.19 bits per heavy atom. The van der Waals surface area contributed by atoms with Crippen LogP contribution < -0.4 is 16.5 Å². The van der Waals surface area contributed by atoms with E-state index in [-0.39, 0.29) is 17.1 Å². The third-order valence-corrected chi connectivity index (χ3v) is 5.96. The van der Waals surface area contributed by atoms with Crippen molar-refractivity contribution in [2.45, 2.75) is 38.1 Å². The van der Waals surface area contributed by atoms with Gasteiger partial charge in [-0.15, -0.1) is 0 Å². The van der Waals surface area contributed by atoms with E-state index in [9.17, 15) is 23.9 Å². The number of halogens is 2. The molecule has 1 aromatic carbocycles. The second kappa shape index (κ2) is 9.27. The highest BCUT2D eigenvalue weighted by molar-refractivity contribution is 6.30. The fourth-order valence-electron chi connectivity index (χ4n) is 3.69. The van der Waals surface area contributed by atoms with Crippen LogP contribution in [0.15, 0.2) is 29.2 Å². The number of nitrogens with one attached hydrogen (secondary N) is 2. The van der Waals surface area contributed by atoms with Crippen molar-refractivity contribution in [3.63, 3.8) is 0 Å². The van der Waals surface area contributed by atoms with Crippen LogP contribution in [0.5, 0.6) is 5.75 Å². The van der Waals surface area contributed by atoms with Gasteiger partial charge in [-0.3, -0.25) is 14.4 Å². The van der Waals surface area contributed by atoms with Gasteiger partial charge in [0.1, 0.15) is 17.0 Å². The van der Waals surface area contributed by atoms with Gasteiger partial charge in [0, 0.05) is 31.8 Å². The van der Waals surface area contributed by atoms with Crippen molar-refractivity contribution in [1.29, 1.82) is 0 Å². The van der Waals surface area contributed by atoms with Gasteiger partial charge in [-0.1, -0.05) is 30.7 Å². The van der Waals surface area contributed by atoms with Crippen molar-refractivity contribution in [2.24, 2.45) is 5.73 Å². The highest BCUT2D eigenvalue weighted by Gasteiger charge is 2.46. The fourth-order valence-corrected chi connectivity index (χ4v) is 3.88. The zero-order valence-electron chi connectivity index (χ0n) is 17.6. The first kappa shape index (κ1) is 23.7. The number of H-pyrrole nitrogens is 1. The van der Waals surface area contributed by atoms with Crippen molar-refractivity contribution in [3.05, 3.63) is 62.3 Å². The second-order valence-electron chi connectivity index (χ2n) is 7.52. The molecular weight excluding hydrogens is 443 g/mol. The van der Waals surface area contributed by atoms with E-state index in [0.717, 1.165) is 6.20 Å². The third kappa shape index (κ3) is 4.21. The van der Waals surface area contributed by atoms with E-state index in [1.165, 1.54) is 30.1 Å². The number of benzene rings is 1. The molecule has 2 heterocycles. The summed E-state index contributed by atoms with van der Waals surface area (Å²) < 4.78 is 19.5. The molecule has 5 N–H and O–H groups in total. The van der Waals surface area contributed by atoms with Gasteiger partial charge in [-0.25, -0.2) is 4.39 Å². The van der Waals surface area contributed by atoms with Gasteiger partial charge in [-0.2, -0.15) is 0 Å². The lowest BCUT2D eigenvalue weighted by molar-refractivity contribution is 0.0126. The number of amides is 2. The summed E-state index contributed by atoms with van der Waals surface area (Å²) in [6, 6.07) is 4.31. The number of hydrogen-bond acceptors (Lipinski definition) is 6. The highest BCUT2D eigenvalue weighted by Crippen LogP contribution is 2.30. The normalized spacial score (nSPS) is 20.2. The quantitative estimate of drug-likeness (QED) is 0.478. The molecular formula is C21H24ClFN4O5. The van der Waals surface area contributed by atoms with Gasteiger partial charge in [0.05, 0.1) is 17.7 Å². The summed E-state index contributed by atoms with van der Waals surface area (Å²) in [7, 11) is 1.46. The number of pyridine rings is 1. The molecule has 2 aromatic rings. The Hall–Kier alpha value is -2.95. The maximum absolute atomic E-state index is 14.0. The molecule has 11 heteroatoms. The van der Waals surface area contributed by atoms with Crippen LogP contribution in [-0.4, -0.2) is 52.2 Å². The Morgan fingerprint density at radius 1 is 1.47 bits per heavy atom. The van der Waals surface area contributed by atoms with Crippen LogP contribution in [-0.2, 0) is 11.3 Å². The number of ether oxygens (including phenoxy) is 1. The number of carbonyl (C=O) groups is 2. The summed E-state index contributed by atoms with van der Waals surface area (Å²) >= 11 is 5.71. The van der Waals surface area contributed by atoms with E-state index in [2.05, 4.69) is 10.3 Å². The maximum atomic E-state index is 14.0. The Labute approximate surface area is 188 Å². The lowest BCUT2D eigenvalue weighted by Crippen LogP contribution is -2.61. The van der Waals surface area contributed by atoms with Crippen molar-refractivity contribution in [3.8, 4) is 5.75 Å². The Kier molecular flexibility index (Phi) is 6.87. The van der Waals surface area contributed by atoms with Crippen LogP contribution in [0.4, 0.5) is 4.39 Å². The number of aromatic hydroxyl groups is 1. The second-order valence-corrected chi connectivity index (χ2v) is 7.93. The molecule has 9 nitrogen and oxygen atoms in total. The molecule has 1 aliphatic heterocycles.